The molecule has 1 nitrogen and oxygen atoms in total. The fourth-order valence-corrected chi connectivity index (χ4v) is 3.93. The zero-order valence-electron chi connectivity index (χ0n) is 18.1. The molecule has 0 amide bonds. The minimum Gasteiger partial charge on any atom is -0.406 e. The lowest BCUT2D eigenvalue weighted by molar-refractivity contribution is -0.274. The number of hydrogen-bond donors (Lipinski definition) is 0. The van der Waals surface area contributed by atoms with Gasteiger partial charge in [-0.05, 0) is 77.2 Å². The second-order valence-corrected chi connectivity index (χ2v) is 7.95. The minimum absolute atomic E-state index is 0.151. The maximum Gasteiger partial charge on any atom is 0.573 e. The molecule has 0 aliphatic heterocycles. The molecule has 7 heteroatoms. The van der Waals surface area contributed by atoms with Gasteiger partial charge in [-0.2, -0.15) is 0 Å². The van der Waals surface area contributed by atoms with Crippen LogP contribution in [-0.4, -0.2) is 6.36 Å². The van der Waals surface area contributed by atoms with Crippen molar-refractivity contribution in [2.45, 2.75) is 32.5 Å². The SMILES string of the molecule is CCc1cc(F)c(-c2ccc3c(F)c(CCc4ccc(OC(F)(F)F)cc4)ccc3c2)c(F)c1. The van der Waals surface area contributed by atoms with E-state index in [9.17, 15) is 22.0 Å². The number of hydrogen-bond acceptors (Lipinski definition) is 1. The molecule has 34 heavy (non-hydrogen) atoms. The third kappa shape index (κ3) is 5.19. The van der Waals surface area contributed by atoms with Crippen molar-refractivity contribution >= 4 is 10.8 Å². The van der Waals surface area contributed by atoms with Gasteiger partial charge in [-0.15, -0.1) is 13.2 Å². The lowest BCUT2D eigenvalue weighted by Crippen LogP contribution is -2.17. The van der Waals surface area contributed by atoms with Crippen LogP contribution < -0.4 is 4.74 Å². The quantitative estimate of drug-likeness (QED) is 0.256. The molecule has 0 fully saturated rings. The Morgan fingerprint density at radius 3 is 2.03 bits per heavy atom. The lowest BCUT2D eigenvalue weighted by atomic mass is 9.96. The lowest BCUT2D eigenvalue weighted by Gasteiger charge is -2.11. The van der Waals surface area contributed by atoms with Crippen LogP contribution in [0.15, 0.2) is 66.7 Å². The van der Waals surface area contributed by atoms with Gasteiger partial charge in [-0.1, -0.05) is 43.3 Å². The van der Waals surface area contributed by atoms with E-state index in [-0.39, 0.29) is 11.3 Å². The van der Waals surface area contributed by atoms with Crippen molar-refractivity contribution in [3.63, 3.8) is 0 Å². The number of benzene rings is 4. The Bertz CT molecular complexity index is 1300. The van der Waals surface area contributed by atoms with Crippen molar-refractivity contribution in [2.24, 2.45) is 0 Å². The van der Waals surface area contributed by atoms with Crippen LogP contribution in [0.2, 0.25) is 0 Å². The van der Waals surface area contributed by atoms with Crippen LogP contribution >= 0.6 is 0 Å². The van der Waals surface area contributed by atoms with Crippen molar-refractivity contribution < 1.29 is 31.1 Å². The maximum absolute atomic E-state index is 15.1. The van der Waals surface area contributed by atoms with Crippen LogP contribution in [0.5, 0.6) is 5.75 Å². The number of ether oxygens (including phenoxy) is 1. The van der Waals surface area contributed by atoms with Crippen molar-refractivity contribution in [3.8, 4) is 16.9 Å². The summed E-state index contributed by atoms with van der Waals surface area (Å²) in [5, 5.41) is 0.826. The van der Waals surface area contributed by atoms with Crippen molar-refractivity contribution in [1.82, 2.24) is 0 Å². The summed E-state index contributed by atoms with van der Waals surface area (Å²) >= 11 is 0. The largest absolute Gasteiger partial charge is 0.573 e. The van der Waals surface area contributed by atoms with Gasteiger partial charge in [0.15, 0.2) is 0 Å². The van der Waals surface area contributed by atoms with E-state index in [1.807, 2.05) is 6.92 Å². The normalized spacial score (nSPS) is 11.7. The molecule has 0 N–H and O–H groups in total. The molecule has 0 atom stereocenters. The van der Waals surface area contributed by atoms with Gasteiger partial charge in [0.1, 0.15) is 23.2 Å². The van der Waals surface area contributed by atoms with Gasteiger partial charge in [0.05, 0.1) is 5.56 Å². The molecule has 0 radical (unpaired) electrons. The summed E-state index contributed by atoms with van der Waals surface area (Å²) < 4.78 is 84.8. The molecule has 0 unspecified atom stereocenters. The van der Waals surface area contributed by atoms with E-state index in [1.54, 1.807) is 18.2 Å². The smallest absolute Gasteiger partial charge is 0.406 e. The molecule has 4 rings (SSSR count). The first-order chi connectivity index (χ1) is 16.1. The van der Waals surface area contributed by atoms with E-state index in [0.717, 1.165) is 5.56 Å². The molecule has 0 aliphatic rings. The first-order valence-corrected chi connectivity index (χ1v) is 10.7. The molecule has 0 saturated carbocycles. The van der Waals surface area contributed by atoms with Gasteiger partial charge in [0.2, 0.25) is 0 Å². The summed E-state index contributed by atoms with van der Waals surface area (Å²) in [6, 6.07) is 15.9. The van der Waals surface area contributed by atoms with Crippen LogP contribution in [0, 0.1) is 17.5 Å². The Morgan fingerprint density at radius 1 is 0.735 bits per heavy atom. The first-order valence-electron chi connectivity index (χ1n) is 10.7. The average Bonchev–Trinajstić information content (AvgIpc) is 2.78. The highest BCUT2D eigenvalue weighted by molar-refractivity contribution is 5.88. The highest BCUT2D eigenvalue weighted by Crippen LogP contribution is 2.32. The third-order valence-electron chi connectivity index (χ3n) is 5.67. The Labute approximate surface area is 192 Å². The van der Waals surface area contributed by atoms with Crippen LogP contribution in [0.3, 0.4) is 0 Å². The summed E-state index contributed by atoms with van der Waals surface area (Å²) in [6.07, 6.45) is -3.52. The van der Waals surface area contributed by atoms with Crippen LogP contribution in [-0.2, 0) is 19.3 Å². The summed E-state index contributed by atoms with van der Waals surface area (Å²) in [7, 11) is 0. The second-order valence-electron chi connectivity index (χ2n) is 7.95. The molecule has 176 valence electrons. The Kier molecular flexibility index (Phi) is 6.55. The third-order valence-corrected chi connectivity index (χ3v) is 5.67. The Morgan fingerprint density at radius 2 is 1.41 bits per heavy atom. The Balaban J connectivity index is 1.55. The predicted molar refractivity (Wildman–Crippen MR) is 119 cm³/mol. The van der Waals surface area contributed by atoms with Crippen molar-refractivity contribution in [2.75, 3.05) is 0 Å². The van der Waals surface area contributed by atoms with Gasteiger partial charge in [0, 0.05) is 5.39 Å². The monoisotopic (exact) mass is 474 g/mol. The molecule has 0 heterocycles. The fourth-order valence-electron chi connectivity index (χ4n) is 3.93. The van der Waals surface area contributed by atoms with E-state index >= 15 is 4.39 Å². The zero-order chi connectivity index (χ0) is 24.5. The Hall–Kier alpha value is -3.48. The van der Waals surface area contributed by atoms with E-state index in [2.05, 4.69) is 4.74 Å². The molecule has 0 aliphatic carbocycles. The second kappa shape index (κ2) is 9.41. The fraction of sp³-hybridized carbons (Fsp3) is 0.185. The maximum atomic E-state index is 15.1. The number of alkyl halides is 3. The number of aryl methyl sites for hydroxylation is 3. The number of fused-ring (bicyclic) bond motifs is 1. The van der Waals surface area contributed by atoms with Gasteiger partial charge in [0.25, 0.3) is 0 Å². The number of halogens is 6. The predicted octanol–water partition coefficient (Wildman–Crippen LogP) is 8.17. The van der Waals surface area contributed by atoms with Gasteiger partial charge >= 0.3 is 6.36 Å². The molecule has 0 bridgehead atoms. The van der Waals surface area contributed by atoms with E-state index < -0.39 is 23.8 Å². The topological polar surface area (TPSA) is 9.23 Å². The molecular formula is C27H20F6O. The summed E-state index contributed by atoms with van der Waals surface area (Å²) in [5.41, 5.74) is 1.88. The first kappa shape index (κ1) is 23.7. The van der Waals surface area contributed by atoms with E-state index in [0.29, 0.717) is 46.7 Å². The molecule has 0 spiro atoms. The van der Waals surface area contributed by atoms with Crippen molar-refractivity contribution in [3.05, 3.63) is 101 Å². The molecule has 0 aromatic heterocycles. The van der Waals surface area contributed by atoms with Crippen LogP contribution in [0.1, 0.15) is 23.6 Å². The highest BCUT2D eigenvalue weighted by atomic mass is 19.4. The summed E-state index contributed by atoms with van der Waals surface area (Å²) in [5.74, 6) is -2.09. The summed E-state index contributed by atoms with van der Waals surface area (Å²) in [4.78, 5) is 0. The molecule has 4 aromatic rings. The number of rotatable bonds is 6. The standard InChI is InChI=1S/C27H20F6O/c1-2-16-13-23(28)25(24(29)14-16)20-9-12-22-19(15-20)8-7-18(26(22)30)6-3-17-4-10-21(11-5-17)34-27(31,32)33/h4-5,7-15H,2-3,6H2,1H3. The van der Waals surface area contributed by atoms with Gasteiger partial charge in [-0.3, -0.25) is 0 Å². The molecule has 0 saturated heterocycles. The highest BCUT2D eigenvalue weighted by Gasteiger charge is 2.30. The van der Waals surface area contributed by atoms with E-state index in [1.165, 1.54) is 48.5 Å². The average molecular weight is 474 g/mol. The van der Waals surface area contributed by atoms with Gasteiger partial charge in [-0.25, -0.2) is 13.2 Å². The summed E-state index contributed by atoms with van der Waals surface area (Å²) in [6.45, 7) is 1.81. The van der Waals surface area contributed by atoms with Crippen molar-refractivity contribution in [1.29, 1.82) is 0 Å². The van der Waals surface area contributed by atoms with Crippen LogP contribution in [0.4, 0.5) is 26.3 Å². The minimum atomic E-state index is -4.76. The van der Waals surface area contributed by atoms with E-state index in [4.69, 9.17) is 0 Å². The van der Waals surface area contributed by atoms with Crippen LogP contribution in [0.25, 0.3) is 21.9 Å². The zero-order valence-corrected chi connectivity index (χ0v) is 18.1. The molecular weight excluding hydrogens is 454 g/mol. The molecule has 4 aromatic carbocycles. The van der Waals surface area contributed by atoms with Gasteiger partial charge < -0.3 is 4.74 Å².